The van der Waals surface area contributed by atoms with Crippen LogP contribution < -0.4 is 5.32 Å². The van der Waals surface area contributed by atoms with Gasteiger partial charge in [-0.2, -0.15) is 0 Å². The van der Waals surface area contributed by atoms with Crippen molar-refractivity contribution in [3.63, 3.8) is 0 Å². The maximum atomic E-state index is 8.71. The topological polar surface area (TPSA) is 45.2 Å². The quantitative estimate of drug-likeness (QED) is 0.805. The summed E-state index contributed by atoms with van der Waals surface area (Å²) in [7, 11) is 0. The molecule has 84 valence electrons. The molecule has 0 saturated carbocycles. The Labute approximate surface area is 103 Å². The third-order valence-corrected chi connectivity index (χ3v) is 3.23. The van der Waals surface area contributed by atoms with Gasteiger partial charge < -0.3 is 10.4 Å². The van der Waals surface area contributed by atoms with Crippen molar-refractivity contribution in [3.8, 4) is 0 Å². The van der Waals surface area contributed by atoms with Crippen molar-refractivity contribution < 1.29 is 5.11 Å². The van der Waals surface area contributed by atoms with E-state index in [4.69, 9.17) is 28.3 Å². The van der Waals surface area contributed by atoms with Crippen LogP contribution in [0.1, 0.15) is 6.92 Å². The first-order chi connectivity index (χ1) is 7.19. The largest absolute Gasteiger partial charge is 0.396 e. The zero-order chi connectivity index (χ0) is 11.3. The van der Waals surface area contributed by atoms with E-state index >= 15 is 0 Å². The van der Waals surface area contributed by atoms with Crippen molar-refractivity contribution in [1.29, 1.82) is 0 Å². The van der Waals surface area contributed by atoms with Gasteiger partial charge in [0.1, 0.15) is 10.8 Å². The van der Waals surface area contributed by atoms with Crippen LogP contribution in [-0.2, 0) is 0 Å². The van der Waals surface area contributed by atoms with Gasteiger partial charge in [-0.3, -0.25) is 0 Å². The summed E-state index contributed by atoms with van der Waals surface area (Å²) in [4.78, 5) is 4.28. The van der Waals surface area contributed by atoms with Crippen LogP contribution in [0.2, 0.25) is 10.0 Å². The molecule has 0 aliphatic rings. The Morgan fingerprint density at radius 1 is 1.47 bits per heavy atom. The number of hydrogen-bond donors (Lipinski definition) is 2. The van der Waals surface area contributed by atoms with Gasteiger partial charge in [-0.25, -0.2) is 4.98 Å². The van der Waals surface area contributed by atoms with Crippen molar-refractivity contribution in [2.24, 2.45) is 0 Å². The Morgan fingerprint density at radius 2 is 2.20 bits per heavy atom. The van der Waals surface area contributed by atoms with Crippen LogP contribution in [0.5, 0.6) is 0 Å². The summed E-state index contributed by atoms with van der Waals surface area (Å²) in [5, 5.41) is 13.5. The number of thioether (sulfide) groups is 1. The number of halogens is 2. The first-order valence-electron chi connectivity index (χ1n) is 4.52. The molecule has 0 fully saturated rings. The second-order valence-corrected chi connectivity index (χ2v) is 4.61. The highest BCUT2D eigenvalue weighted by Crippen LogP contribution is 2.31. The highest BCUT2D eigenvalue weighted by molar-refractivity contribution is 7.99. The lowest BCUT2D eigenvalue weighted by Gasteiger charge is -2.08. The average Bonchev–Trinajstić information content (AvgIpc) is 2.20. The van der Waals surface area contributed by atoms with Crippen molar-refractivity contribution in [3.05, 3.63) is 16.1 Å². The summed E-state index contributed by atoms with van der Waals surface area (Å²) in [6.07, 6.45) is 0. The van der Waals surface area contributed by atoms with Crippen LogP contribution in [0.25, 0.3) is 0 Å². The minimum absolute atomic E-state index is 0.0990. The second-order valence-electron chi connectivity index (χ2n) is 2.71. The molecule has 0 spiro atoms. The fraction of sp³-hybridized carbons (Fsp3) is 0.444. The van der Waals surface area contributed by atoms with Gasteiger partial charge >= 0.3 is 0 Å². The fourth-order valence-electron chi connectivity index (χ4n) is 0.985. The minimum atomic E-state index is 0.0990. The monoisotopic (exact) mass is 266 g/mol. The van der Waals surface area contributed by atoms with E-state index in [-0.39, 0.29) is 6.61 Å². The molecule has 6 heteroatoms. The Morgan fingerprint density at radius 3 is 2.80 bits per heavy atom. The number of aliphatic hydroxyl groups excluding tert-OH is 1. The van der Waals surface area contributed by atoms with E-state index < -0.39 is 0 Å². The normalized spacial score (nSPS) is 10.4. The van der Waals surface area contributed by atoms with E-state index in [0.29, 0.717) is 26.6 Å². The zero-order valence-corrected chi connectivity index (χ0v) is 10.6. The molecule has 3 nitrogen and oxygen atoms in total. The van der Waals surface area contributed by atoms with Gasteiger partial charge in [0.05, 0.1) is 16.7 Å². The molecule has 1 aromatic heterocycles. The molecule has 0 aromatic carbocycles. The summed E-state index contributed by atoms with van der Waals surface area (Å²) in [6, 6.07) is 1.66. The van der Waals surface area contributed by atoms with Crippen LogP contribution in [0.4, 0.5) is 5.82 Å². The van der Waals surface area contributed by atoms with Crippen molar-refractivity contribution >= 4 is 40.8 Å². The standard InChI is InChI=1S/C9H12Cl2N2OS/c1-2-12-8-6(10)5-7(11)9(13-8)15-4-3-14/h5,14H,2-4H2,1H3,(H,12,13). The number of rotatable bonds is 5. The van der Waals surface area contributed by atoms with Crippen LogP contribution >= 0.6 is 35.0 Å². The predicted octanol–water partition coefficient (Wildman–Crippen LogP) is 2.90. The molecule has 1 rings (SSSR count). The number of anilines is 1. The molecular weight excluding hydrogens is 255 g/mol. The Kier molecular flexibility index (Phi) is 5.53. The third-order valence-electron chi connectivity index (χ3n) is 1.57. The molecule has 1 heterocycles. The molecule has 0 unspecified atom stereocenters. The third kappa shape index (κ3) is 3.72. The van der Waals surface area contributed by atoms with E-state index in [2.05, 4.69) is 10.3 Å². The molecule has 2 N–H and O–H groups in total. The summed E-state index contributed by atoms with van der Waals surface area (Å²) >= 11 is 13.3. The molecule has 0 aliphatic heterocycles. The zero-order valence-electron chi connectivity index (χ0n) is 8.26. The van der Waals surface area contributed by atoms with Gasteiger partial charge in [0.2, 0.25) is 0 Å². The lowest BCUT2D eigenvalue weighted by atomic mass is 10.4. The second kappa shape index (κ2) is 6.43. The highest BCUT2D eigenvalue weighted by Gasteiger charge is 2.08. The van der Waals surface area contributed by atoms with Crippen molar-refractivity contribution in [2.75, 3.05) is 24.2 Å². The maximum absolute atomic E-state index is 8.71. The predicted molar refractivity (Wildman–Crippen MR) is 66.2 cm³/mol. The van der Waals surface area contributed by atoms with E-state index in [0.717, 1.165) is 6.54 Å². The number of hydrogen-bond acceptors (Lipinski definition) is 4. The van der Waals surface area contributed by atoms with Gasteiger partial charge in [-0.1, -0.05) is 23.2 Å². The van der Waals surface area contributed by atoms with Crippen LogP contribution in [0, 0.1) is 0 Å². The van der Waals surface area contributed by atoms with Crippen LogP contribution in [0.3, 0.4) is 0 Å². The van der Waals surface area contributed by atoms with Crippen molar-refractivity contribution in [2.45, 2.75) is 11.9 Å². The molecule has 0 radical (unpaired) electrons. The van der Waals surface area contributed by atoms with Gasteiger partial charge in [0, 0.05) is 12.3 Å². The summed E-state index contributed by atoms with van der Waals surface area (Å²) in [6.45, 7) is 2.81. The van der Waals surface area contributed by atoms with Gasteiger partial charge in [-0.15, -0.1) is 11.8 Å². The maximum Gasteiger partial charge on any atom is 0.146 e. The number of nitrogens with one attached hydrogen (secondary N) is 1. The lowest BCUT2D eigenvalue weighted by molar-refractivity contribution is 0.322. The van der Waals surface area contributed by atoms with E-state index in [1.54, 1.807) is 6.07 Å². The number of aromatic nitrogens is 1. The molecule has 15 heavy (non-hydrogen) atoms. The molecule has 0 amide bonds. The smallest absolute Gasteiger partial charge is 0.146 e. The van der Waals surface area contributed by atoms with Gasteiger partial charge in [0.25, 0.3) is 0 Å². The average molecular weight is 267 g/mol. The first kappa shape index (κ1) is 12.9. The van der Waals surface area contributed by atoms with Gasteiger partial charge in [0.15, 0.2) is 0 Å². The first-order valence-corrected chi connectivity index (χ1v) is 6.26. The van der Waals surface area contributed by atoms with E-state index in [1.807, 2.05) is 6.92 Å². The summed E-state index contributed by atoms with van der Waals surface area (Å²) in [5.74, 6) is 1.20. The Balaban J connectivity index is 2.90. The number of aliphatic hydroxyl groups is 1. The Bertz CT molecular complexity index is 336. The van der Waals surface area contributed by atoms with Crippen LogP contribution in [-0.4, -0.2) is 29.0 Å². The molecule has 0 aliphatic carbocycles. The van der Waals surface area contributed by atoms with E-state index in [1.165, 1.54) is 11.8 Å². The van der Waals surface area contributed by atoms with Gasteiger partial charge in [-0.05, 0) is 13.0 Å². The lowest BCUT2D eigenvalue weighted by Crippen LogP contribution is -2.01. The highest BCUT2D eigenvalue weighted by atomic mass is 35.5. The summed E-state index contributed by atoms with van der Waals surface area (Å²) < 4.78 is 0. The molecule has 0 atom stereocenters. The minimum Gasteiger partial charge on any atom is -0.396 e. The number of pyridine rings is 1. The Hall–Kier alpha value is -0.160. The fourth-order valence-corrected chi connectivity index (χ4v) is 2.21. The number of nitrogens with zero attached hydrogens (tertiary/aromatic N) is 1. The molecule has 0 bridgehead atoms. The SMILES string of the molecule is CCNc1nc(SCCO)c(Cl)cc1Cl. The molecule has 1 aromatic rings. The van der Waals surface area contributed by atoms with E-state index in [9.17, 15) is 0 Å². The summed E-state index contributed by atoms with van der Waals surface area (Å²) in [5.41, 5.74) is 0. The molecule has 0 saturated heterocycles. The van der Waals surface area contributed by atoms with Crippen molar-refractivity contribution in [1.82, 2.24) is 4.98 Å². The van der Waals surface area contributed by atoms with Crippen LogP contribution in [0.15, 0.2) is 11.1 Å². The molecular formula is C9H12Cl2N2OS.